The molecule has 3 unspecified atom stereocenters. The summed E-state index contributed by atoms with van der Waals surface area (Å²) in [4.78, 5) is 42.6. The summed E-state index contributed by atoms with van der Waals surface area (Å²) in [5, 5.41) is 16.0. The summed E-state index contributed by atoms with van der Waals surface area (Å²) in [5.41, 5.74) is 0.690. The van der Waals surface area contributed by atoms with Gasteiger partial charge in [-0.15, -0.1) is 11.8 Å². The topological polar surface area (TPSA) is 98.7 Å². The van der Waals surface area contributed by atoms with Crippen molar-refractivity contribution in [3.05, 3.63) is 30.3 Å². The summed E-state index contributed by atoms with van der Waals surface area (Å²) < 4.78 is -0.688. The normalized spacial score (nSPS) is 32.5. The Hall–Kier alpha value is -1.58. The lowest BCUT2D eigenvalue weighted by Gasteiger charge is -2.37. The minimum Gasteiger partial charge on any atom is -0.394 e. The smallest absolute Gasteiger partial charge is 0.244 e. The maximum atomic E-state index is 13.9. The average Bonchev–Trinajstić information content (AvgIpc) is 3.42. The lowest BCUT2D eigenvalue weighted by atomic mass is 9.70. The average molecular weight is 553 g/mol. The lowest BCUT2D eigenvalue weighted by molar-refractivity contribution is -0.142. The number of nitrogens with zero attached hydrogens (tertiary/aromatic N) is 1. The van der Waals surface area contributed by atoms with Crippen molar-refractivity contribution in [2.75, 3.05) is 18.5 Å². The van der Waals surface area contributed by atoms with E-state index >= 15 is 0 Å². The van der Waals surface area contributed by atoms with E-state index < -0.39 is 28.7 Å². The number of carbonyl (C=O) groups is 3. The molecule has 0 aromatic heterocycles. The monoisotopic (exact) mass is 551 g/mol. The van der Waals surface area contributed by atoms with Crippen LogP contribution in [0.4, 0.5) is 5.69 Å². The van der Waals surface area contributed by atoms with Crippen LogP contribution in [0.5, 0.6) is 0 Å². The number of amides is 3. The SMILES string of the molecule is CCCCCNC(=O)C1N([C@@H](CC)CO)C(=O)[C@@H]2[C@@H](C(=O)Nc3ccccc3)[C@@H]3SC12CC3Br. The molecule has 9 heteroatoms. The van der Waals surface area contributed by atoms with Gasteiger partial charge < -0.3 is 20.6 Å². The zero-order valence-corrected chi connectivity index (χ0v) is 22.1. The van der Waals surface area contributed by atoms with E-state index in [1.165, 1.54) is 0 Å². The number of para-hydroxylation sites is 1. The number of fused-ring (bicyclic) bond motifs is 1. The molecule has 7 nitrogen and oxygen atoms in total. The van der Waals surface area contributed by atoms with Gasteiger partial charge in [0.05, 0.1) is 29.2 Å². The van der Waals surface area contributed by atoms with Gasteiger partial charge in [-0.25, -0.2) is 0 Å². The molecule has 3 amide bonds. The van der Waals surface area contributed by atoms with E-state index in [9.17, 15) is 19.5 Å². The lowest BCUT2D eigenvalue weighted by Crippen LogP contribution is -2.57. The number of anilines is 1. The molecule has 3 aliphatic heterocycles. The first-order valence-corrected chi connectivity index (χ1v) is 14.1. The van der Waals surface area contributed by atoms with E-state index in [0.29, 0.717) is 25.1 Å². The van der Waals surface area contributed by atoms with Crippen LogP contribution < -0.4 is 10.6 Å². The molecule has 1 spiro atoms. The third-order valence-electron chi connectivity index (χ3n) is 7.47. The van der Waals surface area contributed by atoms with Gasteiger partial charge >= 0.3 is 0 Å². The fourth-order valence-corrected chi connectivity index (χ4v) is 9.50. The minimum absolute atomic E-state index is 0.0256. The molecular weight excluding hydrogens is 518 g/mol. The second kappa shape index (κ2) is 10.6. The summed E-state index contributed by atoms with van der Waals surface area (Å²) >= 11 is 5.39. The fourth-order valence-electron chi connectivity index (χ4n) is 5.90. The largest absolute Gasteiger partial charge is 0.394 e. The maximum Gasteiger partial charge on any atom is 0.244 e. The first-order chi connectivity index (χ1) is 16.4. The van der Waals surface area contributed by atoms with Gasteiger partial charge in [0.25, 0.3) is 0 Å². The van der Waals surface area contributed by atoms with Crippen LogP contribution in [-0.2, 0) is 14.4 Å². The second-order valence-corrected chi connectivity index (χ2v) is 12.2. The number of thioether (sulfide) groups is 1. The number of rotatable bonds is 10. The van der Waals surface area contributed by atoms with Gasteiger partial charge in [0, 0.05) is 22.3 Å². The Labute approximate surface area is 213 Å². The molecule has 3 saturated heterocycles. The Morgan fingerprint density at radius 2 is 1.97 bits per heavy atom. The molecule has 3 N–H and O–H groups in total. The molecule has 0 aliphatic carbocycles. The number of aliphatic hydroxyl groups excluding tert-OH is 1. The van der Waals surface area contributed by atoms with Gasteiger partial charge in [0.15, 0.2) is 0 Å². The Balaban J connectivity index is 1.67. The number of alkyl halides is 1. The zero-order valence-electron chi connectivity index (χ0n) is 19.7. The first-order valence-electron chi connectivity index (χ1n) is 12.3. The van der Waals surface area contributed by atoms with E-state index in [1.54, 1.807) is 16.7 Å². The molecule has 0 radical (unpaired) electrons. The molecular formula is C25H34BrN3O4S. The fraction of sp³-hybridized carbons (Fsp3) is 0.640. The van der Waals surface area contributed by atoms with Crippen molar-refractivity contribution in [3.8, 4) is 0 Å². The number of halogens is 1. The highest BCUT2D eigenvalue weighted by molar-refractivity contribution is 9.09. The van der Waals surface area contributed by atoms with Crippen molar-refractivity contribution in [2.24, 2.45) is 11.8 Å². The summed E-state index contributed by atoms with van der Waals surface area (Å²) in [5.74, 6) is -1.68. The predicted octanol–water partition coefficient (Wildman–Crippen LogP) is 3.17. The molecule has 4 rings (SSSR count). The summed E-state index contributed by atoms with van der Waals surface area (Å²) in [6.07, 6.45) is 4.14. The minimum atomic E-state index is -0.701. The third kappa shape index (κ3) is 4.28. The summed E-state index contributed by atoms with van der Waals surface area (Å²) in [6, 6.07) is 8.09. The van der Waals surface area contributed by atoms with Crippen LogP contribution in [0.25, 0.3) is 0 Å². The van der Waals surface area contributed by atoms with Crippen molar-refractivity contribution >= 4 is 51.1 Å². The van der Waals surface area contributed by atoms with Crippen molar-refractivity contribution < 1.29 is 19.5 Å². The van der Waals surface area contributed by atoms with E-state index in [1.807, 2.05) is 37.3 Å². The van der Waals surface area contributed by atoms with Crippen LogP contribution in [0.1, 0.15) is 46.0 Å². The Morgan fingerprint density at radius 1 is 1.24 bits per heavy atom. The highest BCUT2D eigenvalue weighted by atomic mass is 79.9. The summed E-state index contributed by atoms with van der Waals surface area (Å²) in [7, 11) is 0. The number of nitrogens with one attached hydrogen (secondary N) is 2. The molecule has 34 heavy (non-hydrogen) atoms. The van der Waals surface area contributed by atoms with Gasteiger partial charge in [0.2, 0.25) is 17.7 Å². The quantitative estimate of drug-likeness (QED) is 0.306. The van der Waals surface area contributed by atoms with Crippen LogP contribution >= 0.6 is 27.7 Å². The van der Waals surface area contributed by atoms with Gasteiger partial charge in [-0.1, -0.05) is 60.8 Å². The first kappa shape index (κ1) is 25.5. The number of hydrogen-bond acceptors (Lipinski definition) is 5. The highest BCUT2D eigenvalue weighted by Gasteiger charge is 2.76. The predicted molar refractivity (Wildman–Crippen MR) is 138 cm³/mol. The van der Waals surface area contributed by atoms with Crippen molar-refractivity contribution in [3.63, 3.8) is 0 Å². The molecule has 2 bridgehead atoms. The van der Waals surface area contributed by atoms with Gasteiger partial charge in [-0.05, 0) is 31.4 Å². The second-order valence-electron chi connectivity index (χ2n) is 9.51. The molecule has 1 aromatic rings. The van der Waals surface area contributed by atoms with E-state index in [-0.39, 0.29) is 34.4 Å². The van der Waals surface area contributed by atoms with Crippen LogP contribution in [0.3, 0.4) is 0 Å². The van der Waals surface area contributed by atoms with Gasteiger partial charge in [-0.3, -0.25) is 14.4 Å². The Morgan fingerprint density at radius 3 is 2.62 bits per heavy atom. The Bertz CT molecular complexity index is 915. The summed E-state index contributed by atoms with van der Waals surface area (Å²) in [6.45, 7) is 4.37. The number of likely N-dealkylation sites (tertiary alicyclic amines) is 1. The van der Waals surface area contributed by atoms with E-state index in [4.69, 9.17) is 0 Å². The van der Waals surface area contributed by atoms with E-state index in [0.717, 1.165) is 19.3 Å². The van der Waals surface area contributed by atoms with Crippen LogP contribution in [0.2, 0.25) is 0 Å². The zero-order chi connectivity index (χ0) is 24.5. The van der Waals surface area contributed by atoms with Crippen LogP contribution in [-0.4, -0.2) is 67.8 Å². The highest BCUT2D eigenvalue weighted by Crippen LogP contribution is 2.68. The molecule has 0 saturated carbocycles. The van der Waals surface area contributed by atoms with Gasteiger partial charge in [0.1, 0.15) is 6.04 Å². The van der Waals surface area contributed by atoms with E-state index in [2.05, 4.69) is 33.5 Å². The Kier molecular flexibility index (Phi) is 7.94. The van der Waals surface area contributed by atoms with Crippen LogP contribution in [0.15, 0.2) is 30.3 Å². The molecule has 186 valence electrons. The standard InChI is InChI=1S/C25H34BrN3O4S/c1-3-5-9-12-27-23(32)21-25-13-17(26)20(34-25)18(22(31)28-15-10-7-6-8-11-15)19(25)24(33)29(21)16(4-2)14-30/h6-8,10-11,16-21,30H,3-5,9,12-14H2,1-2H3,(H,27,32)(H,28,31)/t16-,17?,18+,19-,20+,21?,25?/m0/s1. The molecule has 3 aliphatic rings. The van der Waals surface area contributed by atoms with Crippen molar-refractivity contribution in [1.82, 2.24) is 10.2 Å². The molecule has 3 heterocycles. The van der Waals surface area contributed by atoms with Crippen LogP contribution in [0, 0.1) is 11.8 Å². The number of benzene rings is 1. The van der Waals surface area contributed by atoms with Gasteiger partial charge in [-0.2, -0.15) is 0 Å². The molecule has 1 aromatic carbocycles. The maximum absolute atomic E-state index is 13.9. The molecule has 7 atom stereocenters. The molecule has 3 fully saturated rings. The van der Waals surface area contributed by atoms with Crippen molar-refractivity contribution in [1.29, 1.82) is 0 Å². The number of hydrogen-bond donors (Lipinski definition) is 3. The number of unbranched alkanes of at least 4 members (excludes halogenated alkanes) is 2. The third-order valence-corrected chi connectivity index (χ3v) is 10.7. The van der Waals surface area contributed by atoms with Crippen molar-refractivity contribution in [2.45, 2.75) is 72.9 Å². The number of carbonyl (C=O) groups excluding carboxylic acids is 3. The number of aliphatic hydroxyl groups is 1.